The molecule has 2 atom stereocenters. The van der Waals surface area contributed by atoms with Gasteiger partial charge in [0.15, 0.2) is 0 Å². The van der Waals surface area contributed by atoms with E-state index in [4.69, 9.17) is 5.73 Å². The molecule has 0 aliphatic carbocycles. The number of halogens is 5. The van der Waals surface area contributed by atoms with Gasteiger partial charge in [0.2, 0.25) is 5.60 Å². The normalized spacial score (nSPS) is 17.3. The Morgan fingerprint density at radius 2 is 1.94 bits per heavy atom. The molecular weight excluding hydrogens is 318 g/mol. The summed E-state index contributed by atoms with van der Waals surface area (Å²) in [4.78, 5) is 0. The van der Waals surface area contributed by atoms with Crippen molar-refractivity contribution in [2.75, 3.05) is 0 Å². The highest BCUT2D eigenvalue weighted by Crippen LogP contribution is 2.43. The number of benzene rings is 1. The molecule has 3 N–H and O–H groups in total. The highest BCUT2D eigenvalue weighted by molar-refractivity contribution is 9.10. The third kappa shape index (κ3) is 2.53. The zero-order valence-electron chi connectivity index (χ0n) is 9.43. The van der Waals surface area contributed by atoms with Crippen molar-refractivity contribution in [3.8, 4) is 0 Å². The maximum absolute atomic E-state index is 13.6. The predicted octanol–water partition coefficient (Wildman–Crippen LogP) is 3.08. The van der Waals surface area contributed by atoms with E-state index in [-0.39, 0.29) is 10.9 Å². The third-order valence-corrected chi connectivity index (χ3v) is 3.24. The Morgan fingerprint density at radius 1 is 1.39 bits per heavy atom. The molecule has 0 saturated heterocycles. The molecule has 18 heavy (non-hydrogen) atoms. The highest BCUT2D eigenvalue weighted by Gasteiger charge is 2.59. The number of rotatable bonds is 3. The zero-order valence-corrected chi connectivity index (χ0v) is 11.0. The number of alkyl halides is 3. The van der Waals surface area contributed by atoms with E-state index in [1.54, 1.807) is 0 Å². The van der Waals surface area contributed by atoms with Crippen LogP contribution >= 0.6 is 15.9 Å². The van der Waals surface area contributed by atoms with Gasteiger partial charge in [-0.1, -0.05) is 22.9 Å². The van der Waals surface area contributed by atoms with Gasteiger partial charge in [-0.05, 0) is 24.6 Å². The van der Waals surface area contributed by atoms with E-state index in [0.717, 1.165) is 12.1 Å². The molecule has 1 aromatic carbocycles. The van der Waals surface area contributed by atoms with Crippen molar-refractivity contribution >= 4 is 15.9 Å². The van der Waals surface area contributed by atoms with Gasteiger partial charge in [0.1, 0.15) is 5.82 Å². The smallest absolute Gasteiger partial charge is 0.375 e. The summed E-state index contributed by atoms with van der Waals surface area (Å²) in [5.74, 6) is -1.15. The Labute approximate surface area is 110 Å². The summed E-state index contributed by atoms with van der Waals surface area (Å²) < 4.78 is 52.9. The van der Waals surface area contributed by atoms with Gasteiger partial charge in [0, 0.05) is 16.1 Å². The third-order valence-electron chi connectivity index (χ3n) is 2.75. The van der Waals surface area contributed by atoms with Crippen LogP contribution < -0.4 is 5.73 Å². The summed E-state index contributed by atoms with van der Waals surface area (Å²) in [6, 6.07) is 1.32. The Morgan fingerprint density at radius 3 is 2.39 bits per heavy atom. The highest BCUT2D eigenvalue weighted by atomic mass is 79.9. The van der Waals surface area contributed by atoms with Crippen LogP contribution in [0.15, 0.2) is 22.7 Å². The van der Waals surface area contributed by atoms with Gasteiger partial charge in [0.25, 0.3) is 0 Å². The minimum Gasteiger partial charge on any atom is -0.375 e. The maximum atomic E-state index is 13.6. The van der Waals surface area contributed by atoms with Crippen molar-refractivity contribution in [3.05, 3.63) is 34.1 Å². The van der Waals surface area contributed by atoms with E-state index < -0.39 is 29.2 Å². The molecule has 1 rings (SSSR count). The SMILES string of the molecule is CCC(N)C(O)(c1cc(Br)ccc1F)C(F)(F)F. The summed E-state index contributed by atoms with van der Waals surface area (Å²) in [6.07, 6.45) is -5.22. The molecule has 0 aliphatic rings. The quantitative estimate of drug-likeness (QED) is 0.837. The first-order valence-electron chi connectivity index (χ1n) is 5.14. The molecular formula is C11H12BrF4NO. The minimum atomic E-state index is -5.07. The fraction of sp³-hybridized carbons (Fsp3) is 0.455. The molecule has 0 aromatic heterocycles. The summed E-state index contributed by atoms with van der Waals surface area (Å²) in [7, 11) is 0. The van der Waals surface area contributed by atoms with Crippen LogP contribution in [-0.4, -0.2) is 17.3 Å². The van der Waals surface area contributed by atoms with Crippen molar-refractivity contribution in [2.24, 2.45) is 5.73 Å². The molecule has 0 amide bonds. The second-order valence-corrected chi connectivity index (χ2v) is 4.82. The van der Waals surface area contributed by atoms with Crippen molar-refractivity contribution in [1.82, 2.24) is 0 Å². The van der Waals surface area contributed by atoms with E-state index in [2.05, 4.69) is 15.9 Å². The molecule has 0 aliphatic heterocycles. The lowest BCUT2D eigenvalue weighted by Gasteiger charge is -2.35. The van der Waals surface area contributed by atoms with Crippen molar-refractivity contribution in [3.63, 3.8) is 0 Å². The van der Waals surface area contributed by atoms with E-state index in [1.807, 2.05) is 0 Å². The lowest BCUT2D eigenvalue weighted by molar-refractivity contribution is -0.275. The lowest BCUT2D eigenvalue weighted by Crippen LogP contribution is -2.55. The topological polar surface area (TPSA) is 46.2 Å². The Hall–Kier alpha value is -0.660. The van der Waals surface area contributed by atoms with E-state index in [1.165, 1.54) is 13.0 Å². The molecule has 1 aromatic rings. The van der Waals surface area contributed by atoms with Crippen LogP contribution in [-0.2, 0) is 5.60 Å². The second kappa shape index (κ2) is 5.14. The van der Waals surface area contributed by atoms with Crippen LogP contribution in [0.4, 0.5) is 17.6 Å². The molecule has 7 heteroatoms. The number of hydrogen-bond acceptors (Lipinski definition) is 2. The first kappa shape index (κ1) is 15.4. The van der Waals surface area contributed by atoms with Crippen molar-refractivity contribution < 1.29 is 22.7 Å². The Balaban J connectivity index is 3.49. The van der Waals surface area contributed by atoms with Crippen LogP contribution in [0.2, 0.25) is 0 Å². The van der Waals surface area contributed by atoms with Crippen LogP contribution in [0.1, 0.15) is 18.9 Å². The summed E-state index contributed by atoms with van der Waals surface area (Å²) in [5, 5.41) is 9.88. The van der Waals surface area contributed by atoms with Gasteiger partial charge >= 0.3 is 6.18 Å². The summed E-state index contributed by atoms with van der Waals surface area (Å²) in [6.45, 7) is 1.39. The van der Waals surface area contributed by atoms with Gasteiger partial charge in [-0.15, -0.1) is 0 Å². The molecule has 2 unspecified atom stereocenters. The monoisotopic (exact) mass is 329 g/mol. The molecule has 2 nitrogen and oxygen atoms in total. The van der Waals surface area contributed by atoms with Crippen LogP contribution in [0.3, 0.4) is 0 Å². The predicted molar refractivity (Wildman–Crippen MR) is 62.3 cm³/mol. The minimum absolute atomic E-state index is 0.151. The molecule has 0 spiro atoms. The first-order valence-corrected chi connectivity index (χ1v) is 5.94. The molecule has 0 radical (unpaired) electrons. The molecule has 0 bridgehead atoms. The number of nitrogens with two attached hydrogens (primary N) is 1. The lowest BCUT2D eigenvalue weighted by atomic mass is 9.84. The first-order chi connectivity index (χ1) is 8.14. The largest absolute Gasteiger partial charge is 0.423 e. The summed E-state index contributed by atoms with van der Waals surface area (Å²) in [5.41, 5.74) is 1.05. The van der Waals surface area contributed by atoms with Gasteiger partial charge in [-0.2, -0.15) is 13.2 Å². The number of hydrogen-bond donors (Lipinski definition) is 2. The van der Waals surface area contributed by atoms with E-state index in [0.29, 0.717) is 0 Å². The van der Waals surface area contributed by atoms with Gasteiger partial charge in [0.05, 0.1) is 0 Å². The van der Waals surface area contributed by atoms with Crippen LogP contribution in [0.5, 0.6) is 0 Å². The molecule has 0 saturated carbocycles. The standard InChI is InChI=1S/C11H12BrF4NO/c1-2-9(17)10(18,11(14,15)16)7-5-6(12)3-4-8(7)13/h3-5,9,18H,2,17H2,1H3. The van der Waals surface area contributed by atoms with Gasteiger partial charge in [-0.3, -0.25) is 0 Å². The number of aliphatic hydroxyl groups is 1. The maximum Gasteiger partial charge on any atom is 0.423 e. The van der Waals surface area contributed by atoms with E-state index >= 15 is 0 Å². The molecule has 0 heterocycles. The van der Waals surface area contributed by atoms with Gasteiger partial charge in [-0.25, -0.2) is 4.39 Å². The van der Waals surface area contributed by atoms with E-state index in [9.17, 15) is 22.7 Å². The molecule has 102 valence electrons. The van der Waals surface area contributed by atoms with Crippen LogP contribution in [0, 0.1) is 5.82 Å². The fourth-order valence-corrected chi connectivity index (χ4v) is 2.01. The van der Waals surface area contributed by atoms with Crippen molar-refractivity contribution in [1.29, 1.82) is 0 Å². The van der Waals surface area contributed by atoms with Crippen molar-refractivity contribution in [2.45, 2.75) is 31.2 Å². The Kier molecular flexibility index (Phi) is 4.40. The fourth-order valence-electron chi connectivity index (χ4n) is 1.65. The average Bonchev–Trinajstić information content (AvgIpc) is 2.28. The van der Waals surface area contributed by atoms with Crippen LogP contribution in [0.25, 0.3) is 0 Å². The second-order valence-electron chi connectivity index (χ2n) is 3.90. The average molecular weight is 330 g/mol. The molecule has 0 fully saturated rings. The van der Waals surface area contributed by atoms with Gasteiger partial charge < -0.3 is 10.8 Å². The summed E-state index contributed by atoms with van der Waals surface area (Å²) >= 11 is 2.94. The Bertz CT molecular complexity index is 438. The zero-order chi connectivity index (χ0) is 14.1.